The van der Waals surface area contributed by atoms with Crippen molar-refractivity contribution in [1.29, 1.82) is 0 Å². The first-order valence-corrected chi connectivity index (χ1v) is 11.9. The van der Waals surface area contributed by atoms with E-state index in [4.69, 9.17) is 16.2 Å². The summed E-state index contributed by atoms with van der Waals surface area (Å²) in [6.07, 6.45) is 0. The van der Waals surface area contributed by atoms with Gasteiger partial charge in [0.1, 0.15) is 5.75 Å². The minimum absolute atomic E-state index is 0.0641. The summed E-state index contributed by atoms with van der Waals surface area (Å²) in [6.45, 7) is 9.25. The van der Waals surface area contributed by atoms with E-state index in [1.54, 1.807) is 0 Å². The van der Waals surface area contributed by atoms with Gasteiger partial charge in [0, 0.05) is 60.3 Å². The van der Waals surface area contributed by atoms with E-state index < -0.39 is 4.92 Å². The van der Waals surface area contributed by atoms with Crippen LogP contribution in [0, 0.1) is 10.1 Å². The van der Waals surface area contributed by atoms with Crippen molar-refractivity contribution < 1.29 is 9.66 Å². The van der Waals surface area contributed by atoms with Crippen LogP contribution in [0.2, 0.25) is 0 Å². The number of hydrogen-bond acceptors (Lipinski definition) is 7. The van der Waals surface area contributed by atoms with Crippen LogP contribution in [0.1, 0.15) is 20.8 Å². The van der Waals surface area contributed by atoms with Gasteiger partial charge in [-0.15, -0.1) is 0 Å². The van der Waals surface area contributed by atoms with E-state index in [1.165, 1.54) is 30.0 Å². The van der Waals surface area contributed by atoms with Crippen LogP contribution in [0.25, 0.3) is 10.8 Å². The van der Waals surface area contributed by atoms with Gasteiger partial charge < -0.3 is 26.4 Å². The van der Waals surface area contributed by atoms with Crippen molar-refractivity contribution in [2.45, 2.75) is 20.8 Å². The molecule has 0 amide bonds. The molecule has 8 nitrogen and oxygen atoms in total. The summed E-state index contributed by atoms with van der Waals surface area (Å²) in [5.41, 5.74) is 14.9. The lowest BCUT2D eigenvalue weighted by Gasteiger charge is -2.21. The first-order chi connectivity index (χ1) is 17.4. The van der Waals surface area contributed by atoms with Crippen LogP contribution in [0.3, 0.4) is 0 Å². The summed E-state index contributed by atoms with van der Waals surface area (Å²) >= 11 is 0. The maximum Gasteiger partial charge on any atom is 0.269 e. The standard InChI is InChI=1S/C22H27N3O.C6H6N2O2/c1-4-24-17-10-13-20(23)22(15-17)26-21-9-7-8-16-14-18(11-12-19(16)21)25(5-2)6-3;7-5-1-3-6(4-2-5)8(9)10/h7-15,24H,4-6,23H2,1-3H3;1-4H,7H2. The molecule has 0 fully saturated rings. The smallest absolute Gasteiger partial charge is 0.269 e. The van der Waals surface area contributed by atoms with Crippen LogP contribution >= 0.6 is 0 Å². The highest BCUT2D eigenvalue weighted by atomic mass is 16.6. The highest BCUT2D eigenvalue weighted by Crippen LogP contribution is 2.35. The minimum Gasteiger partial charge on any atom is -0.454 e. The molecule has 36 heavy (non-hydrogen) atoms. The third-order valence-electron chi connectivity index (χ3n) is 5.67. The Kier molecular flexibility index (Phi) is 8.94. The number of benzene rings is 4. The van der Waals surface area contributed by atoms with Gasteiger partial charge in [0.05, 0.1) is 10.6 Å². The second kappa shape index (κ2) is 12.3. The third kappa shape index (κ3) is 6.56. The van der Waals surface area contributed by atoms with Gasteiger partial charge in [-0.3, -0.25) is 10.1 Å². The van der Waals surface area contributed by atoms with Gasteiger partial charge in [-0.25, -0.2) is 0 Å². The van der Waals surface area contributed by atoms with Gasteiger partial charge in [-0.1, -0.05) is 12.1 Å². The highest BCUT2D eigenvalue weighted by Gasteiger charge is 2.09. The van der Waals surface area contributed by atoms with Gasteiger partial charge in [0.15, 0.2) is 5.75 Å². The topological polar surface area (TPSA) is 120 Å². The second-order valence-corrected chi connectivity index (χ2v) is 8.07. The quantitative estimate of drug-likeness (QED) is 0.144. The lowest BCUT2D eigenvalue weighted by Crippen LogP contribution is -2.21. The average molecular weight is 488 g/mol. The van der Waals surface area contributed by atoms with Crippen molar-refractivity contribution in [1.82, 2.24) is 0 Å². The van der Waals surface area contributed by atoms with Gasteiger partial charge in [0.25, 0.3) is 5.69 Å². The van der Waals surface area contributed by atoms with E-state index in [1.807, 2.05) is 30.3 Å². The number of anilines is 4. The zero-order valence-electron chi connectivity index (χ0n) is 20.9. The van der Waals surface area contributed by atoms with Crippen molar-refractivity contribution in [3.8, 4) is 11.5 Å². The number of non-ortho nitro benzene ring substituents is 1. The van der Waals surface area contributed by atoms with Crippen molar-refractivity contribution >= 4 is 39.2 Å². The molecule has 0 saturated heterocycles. The molecular formula is C28H33N5O3. The largest absolute Gasteiger partial charge is 0.454 e. The Hall–Kier alpha value is -4.46. The summed E-state index contributed by atoms with van der Waals surface area (Å²) in [5, 5.41) is 15.6. The lowest BCUT2D eigenvalue weighted by atomic mass is 10.1. The predicted molar refractivity (Wildman–Crippen MR) is 150 cm³/mol. The molecule has 5 N–H and O–H groups in total. The third-order valence-corrected chi connectivity index (χ3v) is 5.67. The number of nitrogens with zero attached hydrogens (tertiary/aromatic N) is 2. The number of fused-ring (bicyclic) bond motifs is 1. The van der Waals surface area contributed by atoms with Crippen LogP contribution in [-0.2, 0) is 0 Å². The molecule has 0 bridgehead atoms. The zero-order chi connectivity index (χ0) is 26.1. The lowest BCUT2D eigenvalue weighted by molar-refractivity contribution is -0.384. The summed E-state index contributed by atoms with van der Waals surface area (Å²) in [7, 11) is 0. The van der Waals surface area contributed by atoms with Crippen LogP contribution in [0.5, 0.6) is 11.5 Å². The summed E-state index contributed by atoms with van der Waals surface area (Å²) in [4.78, 5) is 12.0. The molecule has 0 spiro atoms. The number of nitrogen functional groups attached to an aromatic ring is 2. The zero-order valence-corrected chi connectivity index (χ0v) is 20.9. The summed E-state index contributed by atoms with van der Waals surface area (Å²) in [5.74, 6) is 1.48. The first-order valence-electron chi connectivity index (χ1n) is 11.9. The molecule has 0 aliphatic rings. The molecule has 0 atom stereocenters. The Morgan fingerprint density at radius 2 is 1.61 bits per heavy atom. The van der Waals surface area contributed by atoms with Crippen molar-refractivity contribution in [3.63, 3.8) is 0 Å². The summed E-state index contributed by atoms with van der Waals surface area (Å²) in [6, 6.07) is 24.1. The number of nitro benzene ring substituents is 1. The molecule has 0 aliphatic carbocycles. The number of rotatable bonds is 8. The van der Waals surface area contributed by atoms with E-state index in [0.29, 0.717) is 17.1 Å². The van der Waals surface area contributed by atoms with E-state index in [2.05, 4.69) is 55.3 Å². The molecule has 0 aromatic heterocycles. The maximum atomic E-state index is 10.1. The van der Waals surface area contributed by atoms with E-state index in [0.717, 1.165) is 41.8 Å². The molecule has 0 saturated carbocycles. The second-order valence-electron chi connectivity index (χ2n) is 8.07. The molecule has 4 rings (SSSR count). The monoisotopic (exact) mass is 487 g/mol. The van der Waals surface area contributed by atoms with Gasteiger partial charge >= 0.3 is 0 Å². The van der Waals surface area contributed by atoms with Crippen LogP contribution in [-0.4, -0.2) is 24.6 Å². The highest BCUT2D eigenvalue weighted by molar-refractivity contribution is 5.91. The fourth-order valence-corrected chi connectivity index (χ4v) is 3.77. The molecule has 8 heteroatoms. The molecular weight excluding hydrogens is 454 g/mol. The normalized spacial score (nSPS) is 10.3. The van der Waals surface area contributed by atoms with Gasteiger partial charge in [0.2, 0.25) is 0 Å². The SMILES string of the molecule is CCNc1ccc(N)c(Oc2cccc3cc(N(CC)CC)ccc23)c1.Nc1ccc([N+](=O)[O-])cc1. The Balaban J connectivity index is 0.000000303. The van der Waals surface area contributed by atoms with Crippen LogP contribution in [0.4, 0.5) is 28.4 Å². The molecule has 4 aromatic rings. The number of ether oxygens (including phenoxy) is 1. The fraction of sp³-hybridized carbons (Fsp3) is 0.214. The maximum absolute atomic E-state index is 10.1. The van der Waals surface area contributed by atoms with Crippen LogP contribution < -0.4 is 26.4 Å². The minimum atomic E-state index is -0.459. The van der Waals surface area contributed by atoms with Crippen molar-refractivity contribution in [3.05, 3.63) is 89.0 Å². The number of hydrogen-bond donors (Lipinski definition) is 3. The molecule has 0 aliphatic heterocycles. The molecule has 188 valence electrons. The Bertz CT molecular complexity index is 1300. The number of nitro groups is 1. The molecule has 0 heterocycles. The van der Waals surface area contributed by atoms with Gasteiger partial charge in [-0.05, 0) is 74.7 Å². The number of nitrogens with one attached hydrogen (secondary N) is 1. The average Bonchev–Trinajstić information content (AvgIpc) is 2.88. The van der Waals surface area contributed by atoms with Gasteiger partial charge in [-0.2, -0.15) is 0 Å². The van der Waals surface area contributed by atoms with Crippen molar-refractivity contribution in [2.24, 2.45) is 0 Å². The Morgan fingerprint density at radius 1 is 0.889 bits per heavy atom. The fourth-order valence-electron chi connectivity index (χ4n) is 3.77. The summed E-state index contributed by atoms with van der Waals surface area (Å²) < 4.78 is 6.18. The van der Waals surface area contributed by atoms with Crippen molar-refractivity contribution in [2.75, 3.05) is 41.3 Å². The Morgan fingerprint density at radius 3 is 2.25 bits per heavy atom. The number of nitrogens with two attached hydrogens (primary N) is 2. The van der Waals surface area contributed by atoms with E-state index in [-0.39, 0.29) is 5.69 Å². The Labute approximate surface area is 211 Å². The first kappa shape index (κ1) is 26.2. The molecule has 0 unspecified atom stereocenters. The van der Waals surface area contributed by atoms with Crippen LogP contribution in [0.15, 0.2) is 78.9 Å². The van der Waals surface area contributed by atoms with E-state index in [9.17, 15) is 10.1 Å². The molecule has 4 aromatic carbocycles. The predicted octanol–water partition coefficient (Wildman–Crippen LogP) is 6.67. The molecule has 0 radical (unpaired) electrons. The van der Waals surface area contributed by atoms with E-state index >= 15 is 0 Å².